The first-order valence-electron chi connectivity index (χ1n) is 5.33. The van der Waals surface area contributed by atoms with Crippen LogP contribution >= 0.6 is 0 Å². The van der Waals surface area contributed by atoms with Gasteiger partial charge in [0.1, 0.15) is 11.6 Å². The molecule has 0 bridgehead atoms. The number of carbonyl (C=O) groups is 1. The first-order valence-corrected chi connectivity index (χ1v) is 7.15. The van der Waals surface area contributed by atoms with Crippen LogP contribution in [0.2, 0.25) is 0 Å². The van der Waals surface area contributed by atoms with Crippen LogP contribution in [0.1, 0.15) is 10.4 Å². The summed E-state index contributed by atoms with van der Waals surface area (Å²) in [6, 6.07) is 2.56. The van der Waals surface area contributed by atoms with E-state index in [1.54, 1.807) is 0 Å². The molecule has 1 fully saturated rings. The summed E-state index contributed by atoms with van der Waals surface area (Å²) < 4.78 is 48.4. The molecule has 1 amide bonds. The molecule has 1 aromatic rings. The molecule has 7 heteroatoms. The van der Waals surface area contributed by atoms with Crippen LogP contribution in [0.15, 0.2) is 18.2 Å². The third-order valence-corrected chi connectivity index (χ3v) is 4.35. The van der Waals surface area contributed by atoms with Gasteiger partial charge in [0.25, 0.3) is 5.91 Å². The Labute approximate surface area is 103 Å². The Morgan fingerprint density at radius 3 is 2.06 bits per heavy atom. The van der Waals surface area contributed by atoms with Gasteiger partial charge in [-0.2, -0.15) is 0 Å². The van der Waals surface area contributed by atoms with E-state index in [1.807, 2.05) is 0 Å². The molecular weight excluding hydrogens is 264 g/mol. The van der Waals surface area contributed by atoms with Gasteiger partial charge < -0.3 is 4.90 Å². The number of rotatable bonds is 1. The minimum Gasteiger partial charge on any atom is -0.337 e. The van der Waals surface area contributed by atoms with Gasteiger partial charge in [-0.3, -0.25) is 4.79 Å². The standard InChI is InChI=1S/C11H11F2NO3S/c12-9-5-8(6-10(13)7-9)11(15)14-1-3-18(16,17)4-2-14/h5-7H,1-4H2. The van der Waals surface area contributed by atoms with Crippen molar-refractivity contribution >= 4 is 15.7 Å². The molecule has 1 aromatic carbocycles. The molecule has 2 rings (SSSR count). The predicted molar refractivity (Wildman–Crippen MR) is 60.9 cm³/mol. The van der Waals surface area contributed by atoms with Crippen LogP contribution in [0.3, 0.4) is 0 Å². The Kier molecular flexibility index (Phi) is 3.34. The molecule has 0 unspecified atom stereocenters. The number of nitrogens with zero attached hydrogens (tertiary/aromatic N) is 1. The summed E-state index contributed by atoms with van der Waals surface area (Å²) in [7, 11) is -3.09. The Morgan fingerprint density at radius 2 is 1.56 bits per heavy atom. The Bertz CT molecular complexity index is 552. The van der Waals surface area contributed by atoms with Crippen LogP contribution in [0.25, 0.3) is 0 Å². The summed E-state index contributed by atoms with van der Waals surface area (Å²) >= 11 is 0. The quantitative estimate of drug-likeness (QED) is 0.763. The van der Waals surface area contributed by atoms with Gasteiger partial charge in [0.2, 0.25) is 0 Å². The SMILES string of the molecule is O=C(c1cc(F)cc(F)c1)N1CCS(=O)(=O)CC1. The van der Waals surface area contributed by atoms with E-state index in [2.05, 4.69) is 0 Å². The molecule has 1 saturated heterocycles. The fourth-order valence-corrected chi connectivity index (χ4v) is 2.98. The first-order chi connectivity index (χ1) is 8.37. The zero-order valence-electron chi connectivity index (χ0n) is 9.40. The largest absolute Gasteiger partial charge is 0.337 e. The second-order valence-corrected chi connectivity index (χ2v) is 6.41. The maximum absolute atomic E-state index is 13.0. The highest BCUT2D eigenvalue weighted by Gasteiger charge is 2.26. The van der Waals surface area contributed by atoms with Gasteiger partial charge in [0.05, 0.1) is 11.5 Å². The van der Waals surface area contributed by atoms with Crippen molar-refractivity contribution < 1.29 is 22.0 Å². The number of benzene rings is 1. The molecule has 0 spiro atoms. The van der Waals surface area contributed by atoms with Crippen LogP contribution in [0, 0.1) is 11.6 Å². The van der Waals surface area contributed by atoms with Crippen molar-refractivity contribution in [2.45, 2.75) is 0 Å². The normalized spacial score (nSPS) is 18.7. The van der Waals surface area contributed by atoms with Gasteiger partial charge in [-0.25, -0.2) is 17.2 Å². The summed E-state index contributed by atoms with van der Waals surface area (Å²) in [5.41, 5.74) is -0.105. The fourth-order valence-electron chi connectivity index (χ4n) is 1.78. The maximum atomic E-state index is 13.0. The first kappa shape index (κ1) is 12.9. The lowest BCUT2D eigenvalue weighted by molar-refractivity contribution is 0.0769. The van der Waals surface area contributed by atoms with Crippen molar-refractivity contribution in [2.24, 2.45) is 0 Å². The molecule has 0 N–H and O–H groups in total. The van der Waals surface area contributed by atoms with E-state index < -0.39 is 27.4 Å². The summed E-state index contributed by atoms with van der Waals surface area (Å²) in [5, 5.41) is 0. The lowest BCUT2D eigenvalue weighted by Crippen LogP contribution is -2.43. The van der Waals surface area contributed by atoms with Crippen molar-refractivity contribution in [1.29, 1.82) is 0 Å². The van der Waals surface area contributed by atoms with E-state index in [-0.39, 0.29) is 30.2 Å². The smallest absolute Gasteiger partial charge is 0.254 e. The fraction of sp³-hybridized carbons (Fsp3) is 0.364. The topological polar surface area (TPSA) is 54.5 Å². The number of halogens is 2. The molecule has 0 radical (unpaired) electrons. The minimum atomic E-state index is -3.09. The molecule has 1 heterocycles. The van der Waals surface area contributed by atoms with Gasteiger partial charge in [-0.15, -0.1) is 0 Å². The van der Waals surface area contributed by atoms with Crippen LogP contribution in [-0.2, 0) is 9.84 Å². The Morgan fingerprint density at radius 1 is 1.06 bits per heavy atom. The molecular formula is C11H11F2NO3S. The molecule has 98 valence electrons. The molecule has 0 saturated carbocycles. The van der Waals surface area contributed by atoms with Crippen LogP contribution in [0.4, 0.5) is 8.78 Å². The third kappa shape index (κ3) is 2.84. The monoisotopic (exact) mass is 275 g/mol. The average Bonchev–Trinajstić information content (AvgIpc) is 2.27. The highest BCUT2D eigenvalue weighted by Crippen LogP contribution is 2.13. The number of hydrogen-bond donors (Lipinski definition) is 0. The molecule has 0 atom stereocenters. The van der Waals surface area contributed by atoms with Crippen LogP contribution in [0.5, 0.6) is 0 Å². The molecule has 0 aromatic heterocycles. The summed E-state index contributed by atoms with van der Waals surface area (Å²) in [6.07, 6.45) is 0. The van der Waals surface area contributed by atoms with Gasteiger partial charge in [-0.05, 0) is 12.1 Å². The third-order valence-electron chi connectivity index (χ3n) is 2.74. The van der Waals surface area contributed by atoms with E-state index in [1.165, 1.54) is 4.90 Å². The van der Waals surface area contributed by atoms with E-state index >= 15 is 0 Å². The van der Waals surface area contributed by atoms with Crippen molar-refractivity contribution in [3.8, 4) is 0 Å². The molecule has 0 aliphatic carbocycles. The molecule has 1 aliphatic rings. The van der Waals surface area contributed by atoms with Crippen LogP contribution < -0.4 is 0 Å². The molecule has 1 aliphatic heterocycles. The van der Waals surface area contributed by atoms with Crippen molar-refractivity contribution in [3.05, 3.63) is 35.4 Å². The summed E-state index contributed by atoms with van der Waals surface area (Å²) in [4.78, 5) is 13.2. The van der Waals surface area contributed by atoms with Crippen molar-refractivity contribution in [1.82, 2.24) is 4.90 Å². The second-order valence-electron chi connectivity index (χ2n) is 4.10. The predicted octanol–water partition coefficient (Wildman–Crippen LogP) is 0.835. The van der Waals surface area contributed by atoms with Crippen LogP contribution in [-0.4, -0.2) is 43.8 Å². The average molecular weight is 275 g/mol. The van der Waals surface area contributed by atoms with Gasteiger partial charge in [0, 0.05) is 24.7 Å². The lowest BCUT2D eigenvalue weighted by Gasteiger charge is -2.26. The highest BCUT2D eigenvalue weighted by atomic mass is 32.2. The van der Waals surface area contributed by atoms with E-state index in [9.17, 15) is 22.0 Å². The zero-order chi connectivity index (χ0) is 13.3. The van der Waals surface area contributed by atoms with Crippen molar-refractivity contribution in [3.63, 3.8) is 0 Å². The molecule has 4 nitrogen and oxygen atoms in total. The van der Waals surface area contributed by atoms with E-state index in [0.717, 1.165) is 12.1 Å². The molecule has 18 heavy (non-hydrogen) atoms. The highest BCUT2D eigenvalue weighted by molar-refractivity contribution is 7.91. The zero-order valence-corrected chi connectivity index (χ0v) is 10.2. The summed E-state index contributed by atoms with van der Waals surface area (Å²) in [5.74, 6) is -2.44. The second kappa shape index (κ2) is 4.64. The number of amides is 1. The number of carbonyl (C=O) groups excluding carboxylic acids is 1. The van der Waals surface area contributed by atoms with E-state index in [0.29, 0.717) is 6.07 Å². The van der Waals surface area contributed by atoms with Gasteiger partial charge in [0.15, 0.2) is 9.84 Å². The number of sulfone groups is 1. The van der Waals surface area contributed by atoms with Gasteiger partial charge in [-0.1, -0.05) is 0 Å². The minimum absolute atomic E-state index is 0.0549. The Hall–Kier alpha value is -1.50. The lowest BCUT2D eigenvalue weighted by atomic mass is 10.2. The maximum Gasteiger partial charge on any atom is 0.254 e. The summed E-state index contributed by atoms with van der Waals surface area (Å²) in [6.45, 7) is 0.110. The van der Waals surface area contributed by atoms with Gasteiger partial charge >= 0.3 is 0 Å². The van der Waals surface area contributed by atoms with E-state index in [4.69, 9.17) is 0 Å². The number of hydrogen-bond acceptors (Lipinski definition) is 3. The Balaban J connectivity index is 2.17. The van der Waals surface area contributed by atoms with Crippen molar-refractivity contribution in [2.75, 3.05) is 24.6 Å².